The number of carbonyl (C=O) groups is 2. The van der Waals surface area contributed by atoms with Crippen LogP contribution in [0.2, 0.25) is 0 Å². The zero-order valence-corrected chi connectivity index (χ0v) is 22.2. The normalized spacial score (nSPS) is 11.8. The van der Waals surface area contributed by atoms with E-state index in [9.17, 15) is 14.0 Å². The summed E-state index contributed by atoms with van der Waals surface area (Å²) in [5, 5.41) is 7.72. The number of nitrogens with one attached hydrogen (secondary N) is 1. The first-order chi connectivity index (χ1) is 19.9. The molecule has 0 saturated heterocycles. The van der Waals surface area contributed by atoms with E-state index < -0.39 is 11.8 Å². The predicted octanol–water partition coefficient (Wildman–Crippen LogP) is 6.56. The number of aromatic nitrogens is 2. The van der Waals surface area contributed by atoms with Gasteiger partial charge in [0.1, 0.15) is 11.5 Å². The molecule has 0 saturated carbocycles. The fraction of sp³-hybridized carbons (Fsp3) is 0.0938. The van der Waals surface area contributed by atoms with Crippen LogP contribution in [0.1, 0.15) is 22.8 Å². The lowest BCUT2D eigenvalue weighted by Gasteiger charge is -2.11. The van der Waals surface area contributed by atoms with Gasteiger partial charge in [-0.2, -0.15) is 9.78 Å². The van der Waals surface area contributed by atoms with E-state index in [1.807, 2.05) is 49.4 Å². The van der Waals surface area contributed by atoms with Crippen LogP contribution in [0.15, 0.2) is 91.0 Å². The molecule has 1 N–H and O–H groups in total. The first-order valence-corrected chi connectivity index (χ1v) is 12.8. The van der Waals surface area contributed by atoms with Crippen molar-refractivity contribution in [2.45, 2.75) is 13.8 Å². The third kappa shape index (κ3) is 5.25. The fourth-order valence-corrected chi connectivity index (χ4v) is 4.60. The van der Waals surface area contributed by atoms with E-state index in [1.54, 1.807) is 28.9 Å². The highest BCUT2D eigenvalue weighted by Crippen LogP contribution is 2.44. The highest BCUT2D eigenvalue weighted by molar-refractivity contribution is 6.04. The molecule has 0 atom stereocenters. The van der Waals surface area contributed by atoms with Crippen molar-refractivity contribution in [3.05, 3.63) is 108 Å². The molecule has 1 aliphatic rings. The van der Waals surface area contributed by atoms with E-state index in [2.05, 4.69) is 5.32 Å². The first kappa shape index (κ1) is 25.8. The number of nitrogens with zero attached hydrogens (tertiary/aromatic N) is 2. The Bertz CT molecular complexity index is 1780. The molecule has 9 heteroatoms. The summed E-state index contributed by atoms with van der Waals surface area (Å²) in [6.07, 6.45) is 0. The Hall–Kier alpha value is -5.44. The van der Waals surface area contributed by atoms with Crippen LogP contribution in [-0.4, -0.2) is 28.4 Å². The van der Waals surface area contributed by atoms with Crippen LogP contribution < -0.4 is 19.5 Å². The Kier molecular flexibility index (Phi) is 6.68. The van der Waals surface area contributed by atoms with Gasteiger partial charge < -0.3 is 19.5 Å². The highest BCUT2D eigenvalue weighted by Gasteiger charge is 2.26. The molecular formula is C32H24FN3O5. The molecule has 204 valence electrons. The van der Waals surface area contributed by atoms with Crippen LogP contribution in [0, 0.1) is 12.7 Å². The van der Waals surface area contributed by atoms with Gasteiger partial charge in [-0.05, 0) is 84.8 Å². The number of benzene rings is 4. The number of ether oxygens (including phenoxy) is 3. The van der Waals surface area contributed by atoms with Gasteiger partial charge in [0, 0.05) is 23.7 Å². The molecule has 0 aliphatic carbocycles. The largest absolute Gasteiger partial charge is 0.454 e. The molecule has 8 nitrogen and oxygen atoms in total. The number of halogens is 1. The summed E-state index contributed by atoms with van der Waals surface area (Å²) in [5.41, 5.74) is 5.17. The summed E-state index contributed by atoms with van der Waals surface area (Å²) in [6.45, 7) is 3.44. The van der Waals surface area contributed by atoms with Crippen LogP contribution in [0.4, 0.5) is 10.1 Å². The second kappa shape index (κ2) is 10.6. The average molecular weight is 550 g/mol. The maximum atomic E-state index is 13.3. The van der Waals surface area contributed by atoms with E-state index in [0.29, 0.717) is 39.6 Å². The molecule has 5 aromatic rings. The number of carbonyl (C=O) groups excluding carboxylic acids is 2. The lowest BCUT2D eigenvalue weighted by Crippen LogP contribution is -2.11. The van der Waals surface area contributed by atoms with Gasteiger partial charge in [-0.3, -0.25) is 9.59 Å². The second-order valence-electron chi connectivity index (χ2n) is 9.48. The Balaban J connectivity index is 1.45. The van der Waals surface area contributed by atoms with Crippen molar-refractivity contribution in [3.8, 4) is 45.5 Å². The minimum absolute atomic E-state index is 0.132. The second-order valence-corrected chi connectivity index (χ2v) is 9.48. The Morgan fingerprint density at radius 3 is 2.37 bits per heavy atom. The standard InChI is InChI=1S/C32H24FN3O5/c1-19-4-3-5-26(16-19)36-32(41-20(2)37)29(30(35-36)23-10-15-27-28(17-23)40-18-39-27)21-8-13-25(14-9-21)34-31(38)22-6-11-24(33)12-7-22/h3-17H,18H2,1-2H3,(H,34,38). The first-order valence-electron chi connectivity index (χ1n) is 12.8. The van der Waals surface area contributed by atoms with Crippen molar-refractivity contribution in [3.63, 3.8) is 0 Å². The summed E-state index contributed by atoms with van der Waals surface area (Å²) in [5.74, 6) is 0.186. The summed E-state index contributed by atoms with van der Waals surface area (Å²) in [6, 6.07) is 25.6. The van der Waals surface area contributed by atoms with Crippen molar-refractivity contribution >= 4 is 17.6 Å². The number of hydrogen-bond acceptors (Lipinski definition) is 6. The molecule has 1 amide bonds. The van der Waals surface area contributed by atoms with Crippen LogP contribution >= 0.6 is 0 Å². The van der Waals surface area contributed by atoms with E-state index in [0.717, 1.165) is 16.8 Å². The van der Waals surface area contributed by atoms with E-state index >= 15 is 0 Å². The molecule has 1 aromatic heterocycles. The number of aryl methyl sites for hydroxylation is 1. The van der Waals surface area contributed by atoms with Crippen molar-refractivity contribution in [2.24, 2.45) is 0 Å². The number of rotatable bonds is 6. The molecule has 4 aromatic carbocycles. The third-order valence-corrected chi connectivity index (χ3v) is 6.51. The lowest BCUT2D eigenvalue weighted by atomic mass is 10.0. The number of anilines is 1. The molecule has 6 rings (SSSR count). The maximum absolute atomic E-state index is 13.3. The molecule has 0 bridgehead atoms. The fourth-order valence-electron chi connectivity index (χ4n) is 4.60. The Labute approximate surface area is 234 Å². The SMILES string of the molecule is CC(=O)Oc1c(-c2ccc(NC(=O)c3ccc(F)cc3)cc2)c(-c2ccc3c(c2)OCO3)nn1-c1cccc(C)c1. The van der Waals surface area contributed by atoms with Gasteiger partial charge in [-0.1, -0.05) is 24.3 Å². The molecule has 41 heavy (non-hydrogen) atoms. The maximum Gasteiger partial charge on any atom is 0.309 e. The van der Waals surface area contributed by atoms with Gasteiger partial charge in [0.25, 0.3) is 5.91 Å². The molecule has 0 spiro atoms. The monoisotopic (exact) mass is 549 g/mol. The lowest BCUT2D eigenvalue weighted by molar-refractivity contribution is -0.132. The highest BCUT2D eigenvalue weighted by atomic mass is 19.1. The number of fused-ring (bicyclic) bond motifs is 1. The van der Waals surface area contributed by atoms with Crippen LogP contribution in [0.25, 0.3) is 28.1 Å². The summed E-state index contributed by atoms with van der Waals surface area (Å²) in [7, 11) is 0. The van der Waals surface area contributed by atoms with Crippen LogP contribution in [0.5, 0.6) is 17.4 Å². The van der Waals surface area contributed by atoms with Crippen molar-refractivity contribution < 1.29 is 28.2 Å². The molecule has 0 radical (unpaired) electrons. The Morgan fingerprint density at radius 2 is 1.63 bits per heavy atom. The number of amides is 1. The Morgan fingerprint density at radius 1 is 0.902 bits per heavy atom. The molecular weight excluding hydrogens is 525 g/mol. The molecule has 0 fully saturated rings. The van der Waals surface area contributed by atoms with Crippen LogP contribution in [-0.2, 0) is 4.79 Å². The smallest absolute Gasteiger partial charge is 0.309 e. The minimum Gasteiger partial charge on any atom is -0.454 e. The molecule has 2 heterocycles. The number of hydrogen-bond donors (Lipinski definition) is 1. The topological polar surface area (TPSA) is 91.7 Å². The molecule has 0 unspecified atom stereocenters. The summed E-state index contributed by atoms with van der Waals surface area (Å²) < 4.78 is 31.7. The van der Waals surface area contributed by atoms with Gasteiger partial charge in [-0.25, -0.2) is 4.39 Å². The van der Waals surface area contributed by atoms with Crippen molar-refractivity contribution in [2.75, 3.05) is 12.1 Å². The predicted molar refractivity (Wildman–Crippen MR) is 151 cm³/mol. The zero-order valence-electron chi connectivity index (χ0n) is 22.2. The molecule has 1 aliphatic heterocycles. The minimum atomic E-state index is -0.500. The number of esters is 1. The van der Waals surface area contributed by atoms with Gasteiger partial charge in [-0.15, -0.1) is 0 Å². The quantitative estimate of drug-likeness (QED) is 0.241. The summed E-state index contributed by atoms with van der Waals surface area (Å²) >= 11 is 0. The van der Waals surface area contributed by atoms with E-state index in [-0.39, 0.29) is 18.6 Å². The van der Waals surface area contributed by atoms with E-state index in [4.69, 9.17) is 19.3 Å². The van der Waals surface area contributed by atoms with Gasteiger partial charge in [0.2, 0.25) is 12.7 Å². The van der Waals surface area contributed by atoms with E-state index in [1.165, 1.54) is 31.2 Å². The average Bonchev–Trinajstić information content (AvgIpc) is 3.58. The third-order valence-electron chi connectivity index (χ3n) is 6.51. The zero-order chi connectivity index (χ0) is 28.5. The van der Waals surface area contributed by atoms with Gasteiger partial charge >= 0.3 is 5.97 Å². The van der Waals surface area contributed by atoms with Crippen molar-refractivity contribution in [1.29, 1.82) is 0 Å². The van der Waals surface area contributed by atoms with Gasteiger partial charge in [0.15, 0.2) is 11.5 Å². The van der Waals surface area contributed by atoms with Crippen LogP contribution in [0.3, 0.4) is 0 Å². The summed E-state index contributed by atoms with van der Waals surface area (Å²) in [4.78, 5) is 25.0. The van der Waals surface area contributed by atoms with Gasteiger partial charge in [0.05, 0.1) is 11.3 Å². The van der Waals surface area contributed by atoms with Crippen molar-refractivity contribution in [1.82, 2.24) is 9.78 Å².